The SMILES string of the molecule is CCOC(=O)C(C(=O)NCc1cnc(C)cn1)C(C)(C)C. The maximum Gasteiger partial charge on any atom is 0.319 e. The van der Waals surface area contributed by atoms with Gasteiger partial charge in [-0.05, 0) is 19.3 Å². The third-order valence-corrected chi connectivity index (χ3v) is 2.93. The maximum atomic E-state index is 12.3. The quantitative estimate of drug-likeness (QED) is 0.659. The Labute approximate surface area is 125 Å². The van der Waals surface area contributed by atoms with Crippen molar-refractivity contribution in [3.63, 3.8) is 0 Å². The molecule has 1 unspecified atom stereocenters. The van der Waals surface area contributed by atoms with Crippen molar-refractivity contribution in [1.82, 2.24) is 15.3 Å². The lowest BCUT2D eigenvalue weighted by molar-refractivity contribution is -0.156. The highest BCUT2D eigenvalue weighted by Gasteiger charge is 2.38. The van der Waals surface area contributed by atoms with E-state index in [0.29, 0.717) is 5.69 Å². The molecular formula is C15H23N3O3. The molecule has 0 saturated carbocycles. The Balaban J connectivity index is 2.73. The molecule has 6 nitrogen and oxygen atoms in total. The summed E-state index contributed by atoms with van der Waals surface area (Å²) in [6.07, 6.45) is 3.24. The summed E-state index contributed by atoms with van der Waals surface area (Å²) >= 11 is 0. The largest absolute Gasteiger partial charge is 0.465 e. The number of carbonyl (C=O) groups excluding carboxylic acids is 2. The van der Waals surface area contributed by atoms with E-state index >= 15 is 0 Å². The van der Waals surface area contributed by atoms with E-state index in [1.54, 1.807) is 19.3 Å². The molecule has 1 heterocycles. The first-order valence-electron chi connectivity index (χ1n) is 6.97. The van der Waals surface area contributed by atoms with Gasteiger partial charge in [0, 0.05) is 6.20 Å². The van der Waals surface area contributed by atoms with Crippen LogP contribution in [0.25, 0.3) is 0 Å². The van der Waals surface area contributed by atoms with Gasteiger partial charge in [0.05, 0.1) is 30.7 Å². The summed E-state index contributed by atoms with van der Waals surface area (Å²) < 4.78 is 4.99. The van der Waals surface area contributed by atoms with Gasteiger partial charge in [0.25, 0.3) is 0 Å². The fourth-order valence-electron chi connectivity index (χ4n) is 1.87. The summed E-state index contributed by atoms with van der Waals surface area (Å²) in [6, 6.07) is 0. The lowest BCUT2D eigenvalue weighted by Gasteiger charge is -2.27. The minimum atomic E-state index is -0.851. The predicted molar refractivity (Wildman–Crippen MR) is 78.2 cm³/mol. The molecule has 1 N–H and O–H groups in total. The van der Waals surface area contributed by atoms with E-state index < -0.39 is 17.3 Å². The molecule has 0 aliphatic carbocycles. The Kier molecular flexibility index (Phi) is 5.81. The number of rotatable bonds is 5. The third kappa shape index (κ3) is 5.13. The number of ether oxygens (including phenoxy) is 1. The molecule has 0 aromatic carbocycles. The van der Waals surface area contributed by atoms with Crippen LogP contribution in [-0.2, 0) is 20.9 Å². The van der Waals surface area contributed by atoms with Gasteiger partial charge in [-0.3, -0.25) is 19.6 Å². The Morgan fingerprint density at radius 1 is 1.29 bits per heavy atom. The van der Waals surface area contributed by atoms with Crippen LogP contribution >= 0.6 is 0 Å². The third-order valence-electron chi connectivity index (χ3n) is 2.93. The number of amides is 1. The highest BCUT2D eigenvalue weighted by atomic mass is 16.5. The van der Waals surface area contributed by atoms with Crippen LogP contribution in [0.2, 0.25) is 0 Å². The van der Waals surface area contributed by atoms with Gasteiger partial charge in [-0.15, -0.1) is 0 Å². The van der Waals surface area contributed by atoms with E-state index in [0.717, 1.165) is 5.69 Å². The average molecular weight is 293 g/mol. The zero-order valence-electron chi connectivity index (χ0n) is 13.3. The molecule has 0 bridgehead atoms. The first-order chi connectivity index (χ1) is 9.75. The summed E-state index contributed by atoms with van der Waals surface area (Å²) in [4.78, 5) is 32.5. The number of nitrogens with one attached hydrogen (secondary N) is 1. The van der Waals surface area contributed by atoms with Crippen LogP contribution in [0.3, 0.4) is 0 Å². The topological polar surface area (TPSA) is 81.2 Å². The van der Waals surface area contributed by atoms with E-state index in [1.807, 2.05) is 27.7 Å². The van der Waals surface area contributed by atoms with Gasteiger partial charge in [-0.2, -0.15) is 0 Å². The van der Waals surface area contributed by atoms with Gasteiger partial charge in [0.15, 0.2) is 0 Å². The van der Waals surface area contributed by atoms with Crippen molar-refractivity contribution in [3.8, 4) is 0 Å². The molecule has 0 fully saturated rings. The highest BCUT2D eigenvalue weighted by molar-refractivity contribution is 5.98. The molecule has 1 aromatic rings. The zero-order valence-corrected chi connectivity index (χ0v) is 13.3. The zero-order chi connectivity index (χ0) is 16.0. The predicted octanol–water partition coefficient (Wildman–Crippen LogP) is 1.63. The van der Waals surface area contributed by atoms with E-state index in [4.69, 9.17) is 4.74 Å². The molecule has 1 amide bonds. The molecule has 1 atom stereocenters. The average Bonchev–Trinajstić information content (AvgIpc) is 2.37. The molecule has 6 heteroatoms. The van der Waals surface area contributed by atoms with Crippen LogP contribution in [0, 0.1) is 18.3 Å². The van der Waals surface area contributed by atoms with Gasteiger partial charge in [0.2, 0.25) is 5.91 Å². The standard InChI is InChI=1S/C15H23N3O3/c1-6-21-14(20)12(15(3,4)5)13(19)18-9-11-8-16-10(2)7-17-11/h7-8,12H,6,9H2,1-5H3,(H,18,19). The smallest absolute Gasteiger partial charge is 0.319 e. The first kappa shape index (κ1) is 17.1. The number of aromatic nitrogens is 2. The number of hydrogen-bond donors (Lipinski definition) is 1. The Bertz CT molecular complexity index is 492. The fourth-order valence-corrected chi connectivity index (χ4v) is 1.87. The highest BCUT2D eigenvalue weighted by Crippen LogP contribution is 2.27. The number of carbonyl (C=O) groups is 2. The molecule has 0 aliphatic rings. The van der Waals surface area contributed by atoms with E-state index in [9.17, 15) is 9.59 Å². The number of aryl methyl sites for hydroxylation is 1. The molecule has 0 saturated heterocycles. The van der Waals surface area contributed by atoms with Crippen LogP contribution in [0.5, 0.6) is 0 Å². The van der Waals surface area contributed by atoms with Crippen LogP contribution in [-0.4, -0.2) is 28.5 Å². The fraction of sp³-hybridized carbons (Fsp3) is 0.600. The Hall–Kier alpha value is -1.98. The molecule has 1 rings (SSSR count). The summed E-state index contributed by atoms with van der Waals surface area (Å²) in [5.74, 6) is -1.71. The van der Waals surface area contributed by atoms with E-state index in [2.05, 4.69) is 15.3 Å². The van der Waals surface area contributed by atoms with E-state index in [-0.39, 0.29) is 19.1 Å². The van der Waals surface area contributed by atoms with Crippen molar-refractivity contribution in [2.45, 2.75) is 41.2 Å². The van der Waals surface area contributed by atoms with Crippen LogP contribution < -0.4 is 5.32 Å². The van der Waals surface area contributed by atoms with Gasteiger partial charge in [-0.1, -0.05) is 20.8 Å². The van der Waals surface area contributed by atoms with Crippen molar-refractivity contribution in [1.29, 1.82) is 0 Å². The van der Waals surface area contributed by atoms with Crippen molar-refractivity contribution < 1.29 is 14.3 Å². The normalized spacial score (nSPS) is 12.6. The second-order valence-electron chi connectivity index (χ2n) is 5.92. The Morgan fingerprint density at radius 3 is 2.43 bits per heavy atom. The molecule has 1 aromatic heterocycles. The maximum absolute atomic E-state index is 12.3. The minimum absolute atomic E-state index is 0.234. The second-order valence-corrected chi connectivity index (χ2v) is 5.92. The molecule has 21 heavy (non-hydrogen) atoms. The van der Waals surface area contributed by atoms with Crippen LogP contribution in [0.4, 0.5) is 0 Å². The Morgan fingerprint density at radius 2 is 1.95 bits per heavy atom. The number of hydrogen-bond acceptors (Lipinski definition) is 5. The molecule has 0 aliphatic heterocycles. The summed E-state index contributed by atoms with van der Waals surface area (Å²) in [6.45, 7) is 9.54. The monoisotopic (exact) mass is 293 g/mol. The van der Waals surface area contributed by atoms with Gasteiger partial charge >= 0.3 is 5.97 Å². The molecule has 0 spiro atoms. The summed E-state index contributed by atoms with van der Waals surface area (Å²) in [7, 11) is 0. The molecule has 116 valence electrons. The lowest BCUT2D eigenvalue weighted by Crippen LogP contribution is -2.43. The second kappa shape index (κ2) is 7.15. The van der Waals surface area contributed by atoms with Crippen LogP contribution in [0.1, 0.15) is 39.1 Å². The summed E-state index contributed by atoms with van der Waals surface area (Å²) in [5, 5.41) is 2.72. The van der Waals surface area contributed by atoms with Crippen molar-refractivity contribution in [2.24, 2.45) is 11.3 Å². The van der Waals surface area contributed by atoms with Gasteiger partial charge in [0.1, 0.15) is 5.92 Å². The van der Waals surface area contributed by atoms with Crippen molar-refractivity contribution >= 4 is 11.9 Å². The molecule has 0 radical (unpaired) electrons. The van der Waals surface area contributed by atoms with Crippen molar-refractivity contribution in [2.75, 3.05) is 6.61 Å². The van der Waals surface area contributed by atoms with Crippen molar-refractivity contribution in [3.05, 3.63) is 23.8 Å². The van der Waals surface area contributed by atoms with Gasteiger partial charge in [-0.25, -0.2) is 0 Å². The summed E-state index contributed by atoms with van der Waals surface area (Å²) in [5.41, 5.74) is 0.935. The van der Waals surface area contributed by atoms with Crippen LogP contribution in [0.15, 0.2) is 12.4 Å². The number of nitrogens with zero attached hydrogens (tertiary/aromatic N) is 2. The van der Waals surface area contributed by atoms with E-state index in [1.165, 1.54) is 0 Å². The first-order valence-corrected chi connectivity index (χ1v) is 6.97. The molecular weight excluding hydrogens is 270 g/mol. The lowest BCUT2D eigenvalue weighted by atomic mass is 9.80. The minimum Gasteiger partial charge on any atom is -0.465 e. The van der Waals surface area contributed by atoms with Gasteiger partial charge < -0.3 is 10.1 Å². The number of esters is 1.